The molecule has 2 saturated heterocycles. The van der Waals surface area contributed by atoms with E-state index < -0.39 is 19.8 Å². The van der Waals surface area contributed by atoms with Gasteiger partial charge in [-0.25, -0.2) is 4.79 Å². The van der Waals surface area contributed by atoms with Crippen LogP contribution in [-0.4, -0.2) is 66.5 Å². The van der Waals surface area contributed by atoms with Crippen LogP contribution in [0.4, 0.5) is 16.2 Å². The van der Waals surface area contributed by atoms with E-state index in [1.54, 1.807) is 22.9 Å². The van der Waals surface area contributed by atoms with Crippen molar-refractivity contribution >= 4 is 36.6 Å². The van der Waals surface area contributed by atoms with Gasteiger partial charge in [0.2, 0.25) is 0 Å². The van der Waals surface area contributed by atoms with Crippen LogP contribution in [0.1, 0.15) is 41.8 Å². The number of amides is 2. The lowest BCUT2D eigenvalue weighted by Crippen LogP contribution is -2.51. The number of benzene rings is 4. The van der Waals surface area contributed by atoms with E-state index >= 15 is 4.79 Å². The highest BCUT2D eigenvalue weighted by atomic mass is 28.3. The number of hydrogen-bond acceptors (Lipinski definition) is 8. The van der Waals surface area contributed by atoms with Gasteiger partial charge < -0.3 is 24.2 Å². The van der Waals surface area contributed by atoms with Crippen molar-refractivity contribution in [2.45, 2.75) is 62.9 Å². The molecular formula is C42H45N5O6Si. The van der Waals surface area contributed by atoms with Gasteiger partial charge >= 0.3 is 6.09 Å². The van der Waals surface area contributed by atoms with Gasteiger partial charge in [0.25, 0.3) is 5.91 Å². The number of hydrogen-bond donors (Lipinski definition) is 1. The summed E-state index contributed by atoms with van der Waals surface area (Å²) in [6, 6.07) is 33.5. The van der Waals surface area contributed by atoms with Crippen molar-refractivity contribution in [1.82, 2.24) is 15.0 Å². The molecule has 0 radical (unpaired) electrons. The Morgan fingerprint density at radius 2 is 1.69 bits per heavy atom. The number of aryl methyl sites for hydroxylation is 1. The minimum absolute atomic E-state index is 0.0558. The van der Waals surface area contributed by atoms with E-state index in [9.17, 15) is 9.90 Å². The van der Waals surface area contributed by atoms with E-state index in [1.165, 1.54) is 5.19 Å². The summed E-state index contributed by atoms with van der Waals surface area (Å²) in [7, 11) is -0.676. The summed E-state index contributed by atoms with van der Waals surface area (Å²) < 4.78 is 19.7. The highest BCUT2D eigenvalue weighted by Gasteiger charge is 2.66. The zero-order valence-electron chi connectivity index (χ0n) is 31.0. The first kappa shape index (κ1) is 35.7. The average molecular weight is 744 g/mol. The molecule has 3 aliphatic rings. The molecule has 5 aromatic rings. The Morgan fingerprint density at radius 3 is 2.39 bits per heavy atom. The van der Waals surface area contributed by atoms with Crippen molar-refractivity contribution in [3.05, 3.63) is 132 Å². The second-order valence-corrected chi connectivity index (χ2v) is 19.7. The molecule has 1 N–H and O–H groups in total. The normalized spacial score (nSPS) is 22.9. The lowest BCUT2D eigenvalue weighted by atomic mass is 9.82. The molecule has 3 aliphatic heterocycles. The molecule has 278 valence electrons. The third-order valence-electron chi connectivity index (χ3n) is 11.7. The highest BCUT2D eigenvalue weighted by Crippen LogP contribution is 2.60. The molecule has 11 nitrogen and oxygen atoms in total. The number of anilines is 2. The van der Waals surface area contributed by atoms with Crippen molar-refractivity contribution in [3.8, 4) is 5.75 Å². The molecule has 2 amide bonds. The SMILES string of the molecule is COc1ccc([Si](C)(C)[C@@H]2[C@@H](CCn3cc([C@H](O)c4ccccc4)nn3)O[C@]3(C(=O)N(Cc4ccc(N5CCOC5=O)cc4)c4ccccc43)[C@H]2C)cc1. The van der Waals surface area contributed by atoms with Crippen LogP contribution in [0, 0.1) is 5.92 Å². The molecule has 0 bridgehead atoms. The molecule has 0 aliphatic carbocycles. The van der Waals surface area contributed by atoms with Crippen LogP contribution >= 0.6 is 0 Å². The minimum atomic E-state index is -2.35. The number of aliphatic hydroxyl groups excluding tert-OH is 1. The molecule has 5 atom stereocenters. The first-order chi connectivity index (χ1) is 26.1. The molecule has 4 aromatic carbocycles. The van der Waals surface area contributed by atoms with Crippen LogP contribution in [0.15, 0.2) is 109 Å². The highest BCUT2D eigenvalue weighted by molar-refractivity contribution is 6.91. The number of nitrogens with zero attached hydrogens (tertiary/aromatic N) is 5. The summed E-state index contributed by atoms with van der Waals surface area (Å²) in [6.07, 6.45) is 0.893. The molecular weight excluding hydrogens is 699 g/mol. The third kappa shape index (κ3) is 6.07. The monoisotopic (exact) mass is 743 g/mol. The van der Waals surface area contributed by atoms with E-state index in [4.69, 9.17) is 14.2 Å². The molecule has 12 heteroatoms. The predicted octanol–water partition coefficient (Wildman–Crippen LogP) is 6.18. The van der Waals surface area contributed by atoms with E-state index in [2.05, 4.69) is 42.5 Å². The fraction of sp³-hybridized carbons (Fsp3) is 0.333. The number of cyclic esters (lactones) is 1. The van der Waals surface area contributed by atoms with Crippen molar-refractivity contribution in [2.24, 2.45) is 5.92 Å². The number of fused-ring (bicyclic) bond motifs is 2. The molecule has 0 unspecified atom stereocenters. The van der Waals surface area contributed by atoms with Gasteiger partial charge in [-0.2, -0.15) is 0 Å². The lowest BCUT2D eigenvalue weighted by molar-refractivity contribution is -0.146. The standard InChI is InChI=1S/C42H45N5O6Si/c1-28-39(54(3,4)33-20-18-32(51-2)19-21-33)37(22-23-45-27-35(43-44-45)38(48)30-10-6-5-7-11-30)53-42(28)34-12-8-9-13-36(34)47(40(42)49)26-29-14-16-31(17-15-29)46-24-25-52-41(46)50/h5-21,27-28,37-39,48H,22-26H2,1-4H3/t28-,37+,38+,39-,42+/m0/s1. The maximum absolute atomic E-state index is 15.1. The molecule has 1 aromatic heterocycles. The van der Waals surface area contributed by atoms with Gasteiger partial charge in [0.05, 0.1) is 46.3 Å². The number of methoxy groups -OCH3 is 1. The number of para-hydroxylation sites is 1. The molecule has 2 fully saturated rings. The quantitative estimate of drug-likeness (QED) is 0.160. The van der Waals surface area contributed by atoms with Crippen molar-refractivity contribution in [1.29, 1.82) is 0 Å². The Balaban J connectivity index is 1.11. The zero-order valence-corrected chi connectivity index (χ0v) is 32.0. The van der Waals surface area contributed by atoms with E-state index in [1.807, 2.05) is 95.9 Å². The second-order valence-electron chi connectivity index (χ2n) is 15.0. The van der Waals surface area contributed by atoms with Gasteiger partial charge in [0.15, 0.2) is 5.60 Å². The summed E-state index contributed by atoms with van der Waals surface area (Å²) in [5.74, 6) is 0.583. The molecule has 0 saturated carbocycles. The van der Waals surface area contributed by atoms with E-state index in [0.29, 0.717) is 38.4 Å². The molecule has 54 heavy (non-hydrogen) atoms. The first-order valence-electron chi connectivity index (χ1n) is 18.5. The van der Waals surface area contributed by atoms with Crippen LogP contribution < -0.4 is 19.7 Å². The van der Waals surface area contributed by atoms with Gasteiger partial charge in [-0.05, 0) is 53.4 Å². The fourth-order valence-electron chi connectivity index (χ4n) is 8.90. The van der Waals surface area contributed by atoms with Crippen molar-refractivity contribution in [3.63, 3.8) is 0 Å². The topological polar surface area (TPSA) is 119 Å². The first-order valence-corrected chi connectivity index (χ1v) is 21.6. The number of rotatable bonds is 11. The van der Waals surface area contributed by atoms with Crippen LogP contribution in [0.5, 0.6) is 5.75 Å². The van der Waals surface area contributed by atoms with Gasteiger partial charge in [-0.15, -0.1) is 5.10 Å². The third-order valence-corrected chi connectivity index (χ3v) is 16.0. The van der Waals surface area contributed by atoms with Gasteiger partial charge in [0.1, 0.15) is 24.2 Å². The van der Waals surface area contributed by atoms with Gasteiger partial charge in [-0.1, -0.05) is 103 Å². The summed E-state index contributed by atoms with van der Waals surface area (Å²) >= 11 is 0. The molecule has 4 heterocycles. The van der Waals surface area contributed by atoms with Gasteiger partial charge in [-0.3, -0.25) is 14.4 Å². The number of carbonyl (C=O) groups excluding carboxylic acids is 2. The Kier molecular flexibility index (Phi) is 9.37. The Hall–Kier alpha value is -5.30. The summed E-state index contributed by atoms with van der Waals surface area (Å²) in [6.45, 7) is 8.68. The Labute approximate surface area is 316 Å². The minimum Gasteiger partial charge on any atom is -0.497 e. The maximum Gasteiger partial charge on any atom is 0.414 e. The van der Waals surface area contributed by atoms with Gasteiger partial charge in [0, 0.05) is 23.7 Å². The largest absolute Gasteiger partial charge is 0.497 e. The summed E-state index contributed by atoms with van der Waals surface area (Å²) in [4.78, 5) is 30.8. The van der Waals surface area contributed by atoms with Crippen LogP contribution in [-0.2, 0) is 33.0 Å². The van der Waals surface area contributed by atoms with E-state index in [-0.39, 0.29) is 29.6 Å². The van der Waals surface area contributed by atoms with Crippen molar-refractivity contribution in [2.75, 3.05) is 30.1 Å². The average Bonchev–Trinajstić information content (AvgIpc) is 3.97. The van der Waals surface area contributed by atoms with Crippen LogP contribution in [0.25, 0.3) is 0 Å². The Bertz CT molecular complexity index is 2140. The number of ether oxygens (including phenoxy) is 3. The smallest absolute Gasteiger partial charge is 0.414 e. The lowest BCUT2D eigenvalue weighted by Gasteiger charge is -2.37. The number of aromatic nitrogens is 3. The number of carbonyl (C=O) groups is 2. The second kappa shape index (κ2) is 14.2. The van der Waals surface area contributed by atoms with E-state index in [0.717, 1.165) is 33.8 Å². The number of aliphatic hydroxyl groups is 1. The Morgan fingerprint density at radius 1 is 0.963 bits per heavy atom. The summed E-state index contributed by atoms with van der Waals surface area (Å²) in [5.41, 5.74) is 3.55. The summed E-state index contributed by atoms with van der Waals surface area (Å²) in [5, 5.41) is 20.9. The zero-order chi connectivity index (χ0) is 37.6. The van der Waals surface area contributed by atoms with Crippen LogP contribution in [0.3, 0.4) is 0 Å². The predicted molar refractivity (Wildman–Crippen MR) is 207 cm³/mol. The molecule has 1 spiro atoms. The maximum atomic E-state index is 15.1. The van der Waals surface area contributed by atoms with Crippen LogP contribution in [0.2, 0.25) is 18.6 Å². The van der Waals surface area contributed by atoms with Crippen molar-refractivity contribution < 1.29 is 28.9 Å². The molecule has 8 rings (SSSR count). The fourth-order valence-corrected chi connectivity index (χ4v) is 13.0.